The first-order valence-electron chi connectivity index (χ1n) is 4.76. The van der Waals surface area contributed by atoms with Crippen LogP contribution >= 0.6 is 11.8 Å². The van der Waals surface area contributed by atoms with E-state index in [9.17, 15) is 0 Å². The topological polar surface area (TPSA) is 26.0 Å². The lowest BCUT2D eigenvalue weighted by atomic mass is 10.1. The number of thioether (sulfide) groups is 1. The molecule has 0 amide bonds. The minimum absolute atomic E-state index is 0.985. The zero-order valence-corrected chi connectivity index (χ0v) is 8.79. The van der Waals surface area contributed by atoms with Crippen LogP contribution in [0.4, 0.5) is 0 Å². The summed E-state index contributed by atoms with van der Waals surface area (Å²) in [5, 5.41) is 0. The minimum atomic E-state index is 0.985. The van der Waals surface area contributed by atoms with Gasteiger partial charge in [0.25, 0.3) is 0 Å². The molecular weight excluding hydrogens is 178 g/mol. The van der Waals surface area contributed by atoms with Crippen molar-refractivity contribution < 1.29 is 0 Å². The molecule has 0 radical (unpaired) electrons. The van der Waals surface area contributed by atoms with E-state index in [1.807, 2.05) is 11.8 Å². The van der Waals surface area contributed by atoms with Crippen LogP contribution in [0.2, 0.25) is 0 Å². The van der Waals surface area contributed by atoms with Crippen LogP contribution in [-0.2, 0) is 0 Å². The van der Waals surface area contributed by atoms with Crippen LogP contribution in [0.1, 0.15) is 26.2 Å². The molecule has 1 aliphatic heterocycles. The molecule has 0 saturated heterocycles. The normalized spacial score (nSPS) is 23.2. The lowest BCUT2D eigenvalue weighted by Gasteiger charge is -2.16. The largest absolute Gasteiger partial charge is 0.398 e. The predicted octanol–water partition coefficient (Wildman–Crippen LogP) is 2.96. The van der Waals surface area contributed by atoms with Gasteiger partial charge in [0.2, 0.25) is 0 Å². The summed E-state index contributed by atoms with van der Waals surface area (Å²) in [7, 11) is 0. The van der Waals surface area contributed by atoms with Crippen molar-refractivity contribution >= 4 is 11.8 Å². The highest BCUT2D eigenvalue weighted by Crippen LogP contribution is 2.36. The number of allylic oxidation sites excluding steroid dienone is 3. The summed E-state index contributed by atoms with van der Waals surface area (Å²) in [5.41, 5.74) is 9.71. The first kappa shape index (κ1) is 8.95. The van der Waals surface area contributed by atoms with Crippen molar-refractivity contribution in [3.05, 3.63) is 33.9 Å². The molecule has 0 aromatic heterocycles. The summed E-state index contributed by atoms with van der Waals surface area (Å²) in [6.07, 6.45) is 8.01. The van der Waals surface area contributed by atoms with Crippen molar-refractivity contribution in [1.29, 1.82) is 0 Å². The van der Waals surface area contributed by atoms with Gasteiger partial charge < -0.3 is 5.73 Å². The lowest BCUT2D eigenvalue weighted by Crippen LogP contribution is -2.04. The highest BCUT2D eigenvalue weighted by Gasteiger charge is 2.15. The van der Waals surface area contributed by atoms with Crippen molar-refractivity contribution in [1.82, 2.24) is 0 Å². The lowest BCUT2D eigenvalue weighted by molar-refractivity contribution is 0.865. The first-order valence-corrected chi connectivity index (χ1v) is 5.75. The molecule has 0 aromatic rings. The average Bonchev–Trinajstić information content (AvgIpc) is 2.29. The molecule has 2 heteroatoms. The highest BCUT2D eigenvalue weighted by atomic mass is 32.2. The Kier molecular flexibility index (Phi) is 2.49. The first-order chi connectivity index (χ1) is 6.27. The Labute approximate surface area is 83.8 Å². The van der Waals surface area contributed by atoms with Gasteiger partial charge in [-0.15, -0.1) is 11.8 Å². The third kappa shape index (κ3) is 1.83. The molecule has 0 unspecified atom stereocenters. The Morgan fingerprint density at radius 1 is 1.46 bits per heavy atom. The summed E-state index contributed by atoms with van der Waals surface area (Å²) in [5.74, 6) is 1.14. The molecule has 2 aliphatic rings. The molecule has 0 aromatic carbocycles. The molecule has 2 N–H and O–H groups in total. The van der Waals surface area contributed by atoms with E-state index in [0.29, 0.717) is 0 Å². The molecule has 1 nitrogen and oxygen atoms in total. The van der Waals surface area contributed by atoms with Crippen LogP contribution in [0.5, 0.6) is 0 Å². The number of hydrogen-bond donors (Lipinski definition) is 1. The van der Waals surface area contributed by atoms with Gasteiger partial charge in [0.1, 0.15) is 0 Å². The van der Waals surface area contributed by atoms with Gasteiger partial charge in [-0.2, -0.15) is 0 Å². The molecule has 0 saturated carbocycles. The van der Waals surface area contributed by atoms with Crippen molar-refractivity contribution in [2.24, 2.45) is 5.73 Å². The van der Waals surface area contributed by atoms with E-state index in [2.05, 4.69) is 19.1 Å². The average molecular weight is 193 g/mol. The van der Waals surface area contributed by atoms with Crippen molar-refractivity contribution in [2.75, 3.05) is 5.75 Å². The molecule has 70 valence electrons. The molecule has 2 rings (SSSR count). The maximum Gasteiger partial charge on any atom is 0.0355 e. The molecule has 1 aliphatic carbocycles. The molecule has 0 spiro atoms. The van der Waals surface area contributed by atoms with Gasteiger partial charge in [-0.25, -0.2) is 0 Å². The Hall–Kier alpha value is -0.630. The molecule has 0 atom stereocenters. The van der Waals surface area contributed by atoms with Crippen molar-refractivity contribution in [3.63, 3.8) is 0 Å². The zero-order chi connectivity index (χ0) is 9.26. The fourth-order valence-corrected chi connectivity index (χ4v) is 2.83. The standard InChI is InChI=1S/C11H15NS/c1-8-6-9-10(12)4-2-3-5-11(9)13-7-8/h4,6H,2-3,5,7,12H2,1H3. The van der Waals surface area contributed by atoms with E-state index in [1.165, 1.54) is 28.9 Å². The van der Waals surface area contributed by atoms with Crippen LogP contribution in [0.3, 0.4) is 0 Å². The van der Waals surface area contributed by atoms with Crippen molar-refractivity contribution in [3.8, 4) is 0 Å². The zero-order valence-electron chi connectivity index (χ0n) is 7.97. The maximum atomic E-state index is 6.00. The summed E-state index contributed by atoms with van der Waals surface area (Å²) in [6, 6.07) is 0. The quantitative estimate of drug-likeness (QED) is 0.640. The molecule has 0 bridgehead atoms. The third-order valence-corrected chi connectivity index (χ3v) is 3.82. The third-order valence-electron chi connectivity index (χ3n) is 2.45. The van der Waals surface area contributed by atoms with E-state index in [1.54, 1.807) is 0 Å². The van der Waals surface area contributed by atoms with Crippen LogP contribution in [0.25, 0.3) is 0 Å². The predicted molar refractivity (Wildman–Crippen MR) is 59.4 cm³/mol. The van der Waals surface area contributed by atoms with Gasteiger partial charge >= 0.3 is 0 Å². The van der Waals surface area contributed by atoms with Gasteiger partial charge in [0.15, 0.2) is 0 Å². The second-order valence-corrected chi connectivity index (χ2v) is 4.74. The van der Waals surface area contributed by atoms with Crippen LogP contribution in [0.15, 0.2) is 33.9 Å². The number of hydrogen-bond acceptors (Lipinski definition) is 2. The fraction of sp³-hybridized carbons (Fsp3) is 0.455. The smallest absolute Gasteiger partial charge is 0.0355 e. The summed E-state index contributed by atoms with van der Waals surface area (Å²) in [4.78, 5) is 1.50. The second-order valence-electron chi connectivity index (χ2n) is 3.67. The Morgan fingerprint density at radius 3 is 3.15 bits per heavy atom. The monoisotopic (exact) mass is 193 g/mol. The second kappa shape index (κ2) is 3.62. The van der Waals surface area contributed by atoms with E-state index < -0.39 is 0 Å². The van der Waals surface area contributed by atoms with Gasteiger partial charge in [0, 0.05) is 17.0 Å². The van der Waals surface area contributed by atoms with Crippen LogP contribution in [-0.4, -0.2) is 5.75 Å². The molecular formula is C11H15NS. The molecule has 0 fully saturated rings. The van der Waals surface area contributed by atoms with Gasteiger partial charge in [-0.1, -0.05) is 17.7 Å². The summed E-state index contributed by atoms with van der Waals surface area (Å²) in [6.45, 7) is 2.18. The molecule has 1 heterocycles. The van der Waals surface area contributed by atoms with E-state index in [4.69, 9.17) is 5.73 Å². The SMILES string of the molecule is CC1=CC2=C(CCCC=C2N)SC1. The van der Waals surface area contributed by atoms with Gasteiger partial charge in [-0.3, -0.25) is 0 Å². The number of nitrogens with two attached hydrogens (primary N) is 1. The number of rotatable bonds is 0. The summed E-state index contributed by atoms with van der Waals surface area (Å²) >= 11 is 1.96. The Bertz CT molecular complexity index is 306. The maximum absolute atomic E-state index is 6.00. The fourth-order valence-electron chi connectivity index (χ4n) is 1.73. The summed E-state index contributed by atoms with van der Waals surface area (Å²) < 4.78 is 0. The van der Waals surface area contributed by atoms with E-state index in [-0.39, 0.29) is 0 Å². The van der Waals surface area contributed by atoms with Crippen LogP contribution < -0.4 is 5.73 Å². The van der Waals surface area contributed by atoms with E-state index >= 15 is 0 Å². The van der Waals surface area contributed by atoms with Gasteiger partial charge in [-0.05, 0) is 31.1 Å². The Balaban J connectivity index is 2.39. The minimum Gasteiger partial charge on any atom is -0.398 e. The van der Waals surface area contributed by atoms with E-state index in [0.717, 1.165) is 17.9 Å². The molecule has 13 heavy (non-hydrogen) atoms. The van der Waals surface area contributed by atoms with Crippen LogP contribution in [0, 0.1) is 0 Å². The van der Waals surface area contributed by atoms with Crippen molar-refractivity contribution in [2.45, 2.75) is 26.2 Å². The Morgan fingerprint density at radius 2 is 2.31 bits per heavy atom. The van der Waals surface area contributed by atoms with Gasteiger partial charge in [0.05, 0.1) is 0 Å². The highest BCUT2D eigenvalue weighted by molar-refractivity contribution is 8.03.